The first kappa shape index (κ1) is 18.1. The summed E-state index contributed by atoms with van der Waals surface area (Å²) in [6.07, 6.45) is 9.21. The molecule has 0 aromatic carbocycles. The summed E-state index contributed by atoms with van der Waals surface area (Å²) in [5.41, 5.74) is 8.84. The number of nitrogens with one attached hydrogen (secondary N) is 1. The summed E-state index contributed by atoms with van der Waals surface area (Å²) in [4.78, 5) is 16.2. The molecule has 0 aliphatic carbocycles. The summed E-state index contributed by atoms with van der Waals surface area (Å²) in [5.74, 6) is -0.257. The van der Waals surface area contributed by atoms with E-state index in [4.69, 9.17) is 10.6 Å². The number of hydrogen-bond acceptors (Lipinski definition) is 3. The lowest BCUT2D eigenvalue weighted by atomic mass is 10.0. The van der Waals surface area contributed by atoms with Gasteiger partial charge in [0.15, 0.2) is 0 Å². The molecular weight excluding hydrogens is 240 g/mol. The molecule has 0 aromatic heterocycles. The molecular formula is C15H30N2O2. The summed E-state index contributed by atoms with van der Waals surface area (Å²) in [6, 6.07) is 0.307. The second-order valence-corrected chi connectivity index (χ2v) is 5.17. The van der Waals surface area contributed by atoms with Crippen molar-refractivity contribution in [2.24, 2.45) is 5.73 Å². The van der Waals surface area contributed by atoms with E-state index in [1.807, 2.05) is 0 Å². The standard InChI is InChI=1S/C15H30N2O2/c1-4-5-6-7-10-14(16)11-8-9-12-19-17-15(18)13(2)3/h14H,2,4-12,16H2,1,3H3,(H,17,18). The molecule has 0 aliphatic rings. The van der Waals surface area contributed by atoms with Crippen LogP contribution in [0.3, 0.4) is 0 Å². The first-order valence-corrected chi connectivity index (χ1v) is 7.41. The van der Waals surface area contributed by atoms with Gasteiger partial charge in [-0.1, -0.05) is 39.2 Å². The molecule has 4 heteroatoms. The van der Waals surface area contributed by atoms with Crippen molar-refractivity contribution in [3.8, 4) is 0 Å². The summed E-state index contributed by atoms with van der Waals surface area (Å²) in [5, 5.41) is 0. The van der Waals surface area contributed by atoms with Gasteiger partial charge in [0.1, 0.15) is 0 Å². The average molecular weight is 270 g/mol. The van der Waals surface area contributed by atoms with Crippen molar-refractivity contribution in [2.45, 2.75) is 71.3 Å². The van der Waals surface area contributed by atoms with E-state index in [1.165, 1.54) is 25.7 Å². The minimum Gasteiger partial charge on any atom is -0.328 e. The van der Waals surface area contributed by atoms with Crippen LogP contribution in [0.25, 0.3) is 0 Å². The third-order valence-corrected chi connectivity index (χ3v) is 3.05. The average Bonchev–Trinajstić information content (AvgIpc) is 2.38. The lowest BCUT2D eigenvalue weighted by Gasteiger charge is -2.11. The molecule has 0 saturated heterocycles. The number of nitrogens with two attached hydrogens (primary N) is 1. The van der Waals surface area contributed by atoms with Gasteiger partial charge < -0.3 is 5.73 Å². The van der Waals surface area contributed by atoms with Gasteiger partial charge in [0.25, 0.3) is 5.91 Å². The van der Waals surface area contributed by atoms with Crippen LogP contribution in [0.15, 0.2) is 12.2 Å². The van der Waals surface area contributed by atoms with E-state index in [1.54, 1.807) is 6.92 Å². The monoisotopic (exact) mass is 270 g/mol. The van der Waals surface area contributed by atoms with E-state index >= 15 is 0 Å². The fourth-order valence-corrected chi connectivity index (χ4v) is 1.76. The molecule has 4 nitrogen and oxygen atoms in total. The van der Waals surface area contributed by atoms with Crippen molar-refractivity contribution in [3.63, 3.8) is 0 Å². The Balaban J connectivity index is 3.29. The SMILES string of the molecule is C=C(C)C(=O)NOCCCCC(N)CCCCCC. The van der Waals surface area contributed by atoms with Crippen LogP contribution in [0, 0.1) is 0 Å². The van der Waals surface area contributed by atoms with Crippen LogP contribution in [0.1, 0.15) is 65.2 Å². The third-order valence-electron chi connectivity index (χ3n) is 3.05. The van der Waals surface area contributed by atoms with E-state index in [0.29, 0.717) is 18.2 Å². The predicted molar refractivity (Wildman–Crippen MR) is 79.5 cm³/mol. The lowest BCUT2D eigenvalue weighted by Crippen LogP contribution is -2.24. The second-order valence-electron chi connectivity index (χ2n) is 5.17. The van der Waals surface area contributed by atoms with Gasteiger partial charge in [0.05, 0.1) is 6.61 Å². The molecule has 1 unspecified atom stereocenters. The Morgan fingerprint density at radius 1 is 1.21 bits per heavy atom. The molecule has 0 aliphatic heterocycles. The maximum atomic E-state index is 11.1. The van der Waals surface area contributed by atoms with Crippen molar-refractivity contribution in [1.82, 2.24) is 5.48 Å². The minimum atomic E-state index is -0.257. The Bertz CT molecular complexity index is 255. The van der Waals surface area contributed by atoms with Crippen LogP contribution < -0.4 is 11.2 Å². The van der Waals surface area contributed by atoms with Crippen molar-refractivity contribution in [3.05, 3.63) is 12.2 Å². The molecule has 0 bridgehead atoms. The van der Waals surface area contributed by atoms with Gasteiger partial charge >= 0.3 is 0 Å². The number of carbonyl (C=O) groups is 1. The molecule has 112 valence electrons. The van der Waals surface area contributed by atoms with Gasteiger partial charge in [-0.2, -0.15) is 0 Å². The number of rotatable bonds is 12. The first-order valence-electron chi connectivity index (χ1n) is 7.41. The number of hydroxylamine groups is 1. The molecule has 0 saturated carbocycles. The molecule has 0 aromatic rings. The van der Waals surface area contributed by atoms with Crippen LogP contribution in [0.2, 0.25) is 0 Å². The maximum Gasteiger partial charge on any atom is 0.269 e. The van der Waals surface area contributed by atoms with E-state index in [0.717, 1.165) is 25.7 Å². The number of unbranched alkanes of at least 4 members (excludes halogenated alkanes) is 4. The highest BCUT2D eigenvalue weighted by Crippen LogP contribution is 2.08. The van der Waals surface area contributed by atoms with Crippen LogP contribution in [-0.4, -0.2) is 18.6 Å². The molecule has 1 amide bonds. The summed E-state index contributed by atoms with van der Waals surface area (Å²) in [7, 11) is 0. The third kappa shape index (κ3) is 11.9. The highest BCUT2D eigenvalue weighted by molar-refractivity contribution is 5.91. The minimum absolute atomic E-state index is 0.257. The van der Waals surface area contributed by atoms with Crippen molar-refractivity contribution >= 4 is 5.91 Å². The zero-order chi connectivity index (χ0) is 14.5. The molecule has 0 fully saturated rings. The number of hydrogen-bond donors (Lipinski definition) is 2. The normalized spacial score (nSPS) is 12.2. The fourth-order valence-electron chi connectivity index (χ4n) is 1.76. The fraction of sp³-hybridized carbons (Fsp3) is 0.800. The Kier molecular flexibility index (Phi) is 11.6. The zero-order valence-corrected chi connectivity index (χ0v) is 12.5. The van der Waals surface area contributed by atoms with E-state index in [9.17, 15) is 4.79 Å². The molecule has 0 spiro atoms. The summed E-state index contributed by atoms with van der Waals surface area (Å²) in [6.45, 7) is 7.92. The lowest BCUT2D eigenvalue weighted by molar-refractivity contribution is -0.129. The maximum absolute atomic E-state index is 11.1. The molecule has 0 radical (unpaired) electrons. The summed E-state index contributed by atoms with van der Waals surface area (Å²) >= 11 is 0. The Morgan fingerprint density at radius 3 is 2.42 bits per heavy atom. The summed E-state index contributed by atoms with van der Waals surface area (Å²) < 4.78 is 0. The van der Waals surface area contributed by atoms with E-state index in [2.05, 4.69) is 19.0 Å². The Labute approximate surface area is 117 Å². The Morgan fingerprint density at radius 2 is 1.84 bits per heavy atom. The van der Waals surface area contributed by atoms with Gasteiger partial charge in [-0.25, -0.2) is 5.48 Å². The van der Waals surface area contributed by atoms with Crippen molar-refractivity contribution < 1.29 is 9.63 Å². The van der Waals surface area contributed by atoms with Gasteiger partial charge in [0.2, 0.25) is 0 Å². The van der Waals surface area contributed by atoms with E-state index < -0.39 is 0 Å². The number of carbonyl (C=O) groups excluding carboxylic acids is 1. The van der Waals surface area contributed by atoms with Crippen LogP contribution in [0.5, 0.6) is 0 Å². The molecule has 0 heterocycles. The predicted octanol–water partition coefficient (Wildman–Crippen LogP) is 3.08. The number of amides is 1. The quantitative estimate of drug-likeness (QED) is 0.325. The van der Waals surface area contributed by atoms with Gasteiger partial charge in [-0.05, 0) is 32.6 Å². The van der Waals surface area contributed by atoms with Crippen molar-refractivity contribution in [1.29, 1.82) is 0 Å². The van der Waals surface area contributed by atoms with Crippen molar-refractivity contribution in [2.75, 3.05) is 6.61 Å². The first-order chi connectivity index (χ1) is 9.07. The highest BCUT2D eigenvalue weighted by Gasteiger charge is 2.03. The Hall–Kier alpha value is -0.870. The second kappa shape index (κ2) is 12.2. The largest absolute Gasteiger partial charge is 0.328 e. The van der Waals surface area contributed by atoms with Gasteiger partial charge in [-0.15, -0.1) is 0 Å². The van der Waals surface area contributed by atoms with E-state index in [-0.39, 0.29) is 5.91 Å². The smallest absolute Gasteiger partial charge is 0.269 e. The van der Waals surface area contributed by atoms with Crippen LogP contribution in [-0.2, 0) is 9.63 Å². The molecule has 0 rings (SSSR count). The van der Waals surface area contributed by atoms with Crippen LogP contribution >= 0.6 is 0 Å². The van der Waals surface area contributed by atoms with Crippen LogP contribution in [0.4, 0.5) is 0 Å². The van der Waals surface area contributed by atoms with Gasteiger partial charge in [-0.3, -0.25) is 9.63 Å². The van der Waals surface area contributed by atoms with Gasteiger partial charge in [0, 0.05) is 11.6 Å². The zero-order valence-electron chi connectivity index (χ0n) is 12.5. The molecule has 19 heavy (non-hydrogen) atoms. The molecule has 3 N–H and O–H groups in total. The molecule has 1 atom stereocenters. The highest BCUT2D eigenvalue weighted by atomic mass is 16.6. The topological polar surface area (TPSA) is 64.3 Å².